The molecule has 0 bridgehead atoms. The third-order valence-corrected chi connectivity index (χ3v) is 10.6. The number of rotatable bonds is 17. The molecule has 0 aromatic heterocycles. The van der Waals surface area contributed by atoms with E-state index in [4.69, 9.17) is 22.1 Å². The standard InChI is InChI=1S/C41H50ClF5N6O8/c1-5-10-25(36(56)39(59)49-18-28(55)52-34(37(48)57)21-13-9-14-22(42)15-21)50-38(58)26-16-23(61-41(2,3)4)19-53(26)40(60)35(20-11-7-6-8-12-20)51-27(54)17-24-29(43)31(45)33(47)32(46)30(24)44/h9,13-15,20,23,25-26,34-35H,5-8,10-12,16-19H2,1-4H3,(H2,48,57)(H,49,59)(H,50,58)(H,51,54)(H,52,55)/t23-,25?,26+,34?,35+/m1/s1. The van der Waals surface area contributed by atoms with Gasteiger partial charge in [0, 0.05) is 23.6 Å². The number of nitrogens with zero attached hydrogens (tertiary/aromatic N) is 1. The van der Waals surface area contributed by atoms with E-state index in [1.165, 1.54) is 18.2 Å². The number of nitrogens with two attached hydrogens (primary N) is 1. The van der Waals surface area contributed by atoms with E-state index in [1.807, 2.05) is 0 Å². The zero-order valence-electron chi connectivity index (χ0n) is 34.1. The van der Waals surface area contributed by atoms with E-state index in [2.05, 4.69) is 21.3 Å². The lowest BCUT2D eigenvalue weighted by Gasteiger charge is -2.35. The van der Waals surface area contributed by atoms with Crippen LogP contribution in [-0.4, -0.2) is 89.0 Å². The van der Waals surface area contributed by atoms with Crippen molar-refractivity contribution >= 4 is 52.8 Å². The van der Waals surface area contributed by atoms with E-state index in [0.717, 1.165) is 11.3 Å². The molecule has 334 valence electrons. The maximum absolute atomic E-state index is 14.5. The summed E-state index contributed by atoms with van der Waals surface area (Å²) >= 11 is 5.99. The Labute approximate surface area is 354 Å². The summed E-state index contributed by atoms with van der Waals surface area (Å²) in [6.45, 7) is 6.00. The van der Waals surface area contributed by atoms with Crippen LogP contribution in [0.25, 0.3) is 0 Å². The Balaban J connectivity index is 1.53. The molecule has 20 heteroatoms. The van der Waals surface area contributed by atoms with Gasteiger partial charge < -0.3 is 36.6 Å². The molecule has 61 heavy (non-hydrogen) atoms. The maximum atomic E-state index is 14.5. The summed E-state index contributed by atoms with van der Waals surface area (Å²) in [6.07, 6.45) is 1.11. The number of hydrogen-bond donors (Lipinski definition) is 5. The molecular formula is C41H50ClF5N6O8. The van der Waals surface area contributed by atoms with Crippen LogP contribution >= 0.6 is 11.6 Å². The number of carbonyl (C=O) groups excluding carboxylic acids is 7. The van der Waals surface area contributed by atoms with Crippen LogP contribution in [0, 0.1) is 35.0 Å². The van der Waals surface area contributed by atoms with Gasteiger partial charge >= 0.3 is 0 Å². The van der Waals surface area contributed by atoms with Crippen LogP contribution in [0.5, 0.6) is 0 Å². The summed E-state index contributed by atoms with van der Waals surface area (Å²) < 4.78 is 76.8. The van der Waals surface area contributed by atoms with Gasteiger partial charge in [0.15, 0.2) is 23.3 Å². The van der Waals surface area contributed by atoms with E-state index >= 15 is 0 Å². The zero-order chi connectivity index (χ0) is 45.3. The number of Topliss-reactive ketones (excluding diaryl/α,β-unsaturated/α-hetero) is 1. The monoisotopic (exact) mass is 884 g/mol. The van der Waals surface area contributed by atoms with Gasteiger partial charge in [0.05, 0.1) is 30.7 Å². The van der Waals surface area contributed by atoms with Crippen LogP contribution in [0.2, 0.25) is 5.02 Å². The second-order valence-electron chi connectivity index (χ2n) is 16.1. The van der Waals surface area contributed by atoms with Gasteiger partial charge in [-0.15, -0.1) is 0 Å². The Morgan fingerprint density at radius 1 is 0.885 bits per heavy atom. The second-order valence-corrected chi connectivity index (χ2v) is 16.6. The topological polar surface area (TPSA) is 206 Å². The van der Waals surface area contributed by atoms with Crippen molar-refractivity contribution in [3.05, 3.63) is 69.5 Å². The van der Waals surface area contributed by atoms with E-state index in [-0.39, 0.29) is 30.0 Å². The number of carbonyl (C=O) groups is 7. The second kappa shape index (κ2) is 21.1. The van der Waals surface area contributed by atoms with E-state index < -0.39 is 131 Å². The summed E-state index contributed by atoms with van der Waals surface area (Å²) in [4.78, 5) is 94.3. The number of amides is 6. The third kappa shape index (κ3) is 12.7. The SMILES string of the molecule is CCCC(NC(=O)[C@@H]1C[C@@H](OC(C)(C)C)CN1C(=O)[C@@H](NC(=O)Cc1c(F)c(F)c(F)c(F)c1F)C1CCCCC1)C(=O)C(=O)NCC(=O)NC(C(N)=O)c1cccc(Cl)c1. The van der Waals surface area contributed by atoms with Crippen LogP contribution in [0.3, 0.4) is 0 Å². The number of likely N-dealkylation sites (tertiary alicyclic amines) is 1. The number of benzene rings is 2. The lowest BCUT2D eigenvalue weighted by molar-refractivity contribution is -0.144. The predicted molar refractivity (Wildman–Crippen MR) is 210 cm³/mol. The third-order valence-electron chi connectivity index (χ3n) is 10.3. The molecule has 6 N–H and O–H groups in total. The summed E-state index contributed by atoms with van der Waals surface area (Å²) in [7, 11) is 0. The van der Waals surface area contributed by atoms with Gasteiger partial charge in [0.2, 0.25) is 41.1 Å². The highest BCUT2D eigenvalue weighted by atomic mass is 35.5. The fourth-order valence-electron chi connectivity index (χ4n) is 7.54. The predicted octanol–water partition coefficient (Wildman–Crippen LogP) is 3.74. The maximum Gasteiger partial charge on any atom is 0.290 e. The first-order chi connectivity index (χ1) is 28.6. The van der Waals surface area contributed by atoms with Gasteiger partial charge in [0.25, 0.3) is 5.91 Å². The number of ketones is 1. The van der Waals surface area contributed by atoms with Crippen LogP contribution in [0.15, 0.2) is 24.3 Å². The van der Waals surface area contributed by atoms with Gasteiger partial charge in [-0.25, -0.2) is 22.0 Å². The Hall–Kier alpha value is -5.17. The number of nitrogens with one attached hydrogen (secondary N) is 4. The zero-order valence-corrected chi connectivity index (χ0v) is 34.9. The Bertz CT molecular complexity index is 1980. The molecule has 14 nitrogen and oxygen atoms in total. The summed E-state index contributed by atoms with van der Waals surface area (Å²) in [5.41, 5.74) is 3.58. The van der Waals surface area contributed by atoms with E-state index in [1.54, 1.807) is 33.8 Å². The van der Waals surface area contributed by atoms with Crippen molar-refractivity contribution in [1.29, 1.82) is 0 Å². The summed E-state index contributed by atoms with van der Waals surface area (Å²) in [6, 6.07) is 0.527. The molecule has 1 aliphatic heterocycles. The molecule has 2 unspecified atom stereocenters. The lowest BCUT2D eigenvalue weighted by atomic mass is 9.83. The van der Waals surface area contributed by atoms with Gasteiger partial charge in [0.1, 0.15) is 18.1 Å². The fraction of sp³-hybridized carbons (Fsp3) is 0.537. The molecule has 2 aromatic carbocycles. The highest BCUT2D eigenvalue weighted by Gasteiger charge is 2.46. The van der Waals surface area contributed by atoms with Crippen molar-refractivity contribution in [2.24, 2.45) is 11.7 Å². The van der Waals surface area contributed by atoms with E-state index in [0.29, 0.717) is 32.1 Å². The van der Waals surface area contributed by atoms with Gasteiger partial charge in [-0.3, -0.25) is 33.6 Å². The minimum atomic E-state index is -2.39. The Morgan fingerprint density at radius 3 is 2.08 bits per heavy atom. The molecule has 4 rings (SSSR count). The molecule has 1 saturated heterocycles. The van der Waals surface area contributed by atoms with Crippen molar-refractivity contribution in [1.82, 2.24) is 26.2 Å². The van der Waals surface area contributed by atoms with Gasteiger partial charge in [-0.05, 0) is 63.6 Å². The van der Waals surface area contributed by atoms with Crippen LogP contribution in [0.1, 0.15) is 96.2 Å². The Morgan fingerprint density at radius 2 is 1.51 bits per heavy atom. The minimum Gasteiger partial charge on any atom is -0.371 e. The molecule has 2 aliphatic rings. The number of hydrogen-bond acceptors (Lipinski definition) is 8. The molecule has 2 aromatic rings. The molecule has 1 saturated carbocycles. The molecule has 0 spiro atoms. The van der Waals surface area contributed by atoms with Gasteiger partial charge in [-0.2, -0.15) is 0 Å². The van der Waals surface area contributed by atoms with Crippen molar-refractivity contribution in [2.75, 3.05) is 13.1 Å². The molecule has 1 aliphatic carbocycles. The number of ether oxygens (including phenoxy) is 1. The fourth-order valence-corrected chi connectivity index (χ4v) is 7.74. The van der Waals surface area contributed by atoms with Crippen molar-refractivity contribution < 1.29 is 60.3 Å². The van der Waals surface area contributed by atoms with Crippen molar-refractivity contribution in [3.8, 4) is 0 Å². The van der Waals surface area contributed by atoms with Crippen LogP contribution < -0.4 is 27.0 Å². The highest BCUT2D eigenvalue weighted by Crippen LogP contribution is 2.32. The first-order valence-corrected chi connectivity index (χ1v) is 20.3. The minimum absolute atomic E-state index is 0.0380. The smallest absolute Gasteiger partial charge is 0.290 e. The average molecular weight is 885 g/mol. The molecular weight excluding hydrogens is 835 g/mol. The molecule has 6 amide bonds. The van der Waals surface area contributed by atoms with Gasteiger partial charge in [-0.1, -0.05) is 56.3 Å². The first-order valence-electron chi connectivity index (χ1n) is 19.9. The summed E-state index contributed by atoms with van der Waals surface area (Å²) in [5, 5.41) is 9.79. The molecule has 0 radical (unpaired) electrons. The largest absolute Gasteiger partial charge is 0.371 e. The molecule has 2 fully saturated rings. The van der Waals surface area contributed by atoms with Crippen LogP contribution in [-0.2, 0) is 44.7 Å². The number of primary amides is 1. The average Bonchev–Trinajstić information content (AvgIpc) is 3.63. The number of halogens is 6. The summed E-state index contributed by atoms with van der Waals surface area (Å²) in [5.74, 6) is -18.8. The van der Waals surface area contributed by atoms with Crippen molar-refractivity contribution in [3.63, 3.8) is 0 Å². The van der Waals surface area contributed by atoms with Crippen molar-refractivity contribution in [2.45, 2.75) is 121 Å². The van der Waals surface area contributed by atoms with E-state index in [9.17, 15) is 55.5 Å². The lowest BCUT2D eigenvalue weighted by Crippen LogP contribution is -2.58. The Kier molecular flexibility index (Phi) is 16.8. The normalized spacial score (nSPS) is 18.4. The van der Waals surface area contributed by atoms with Crippen LogP contribution in [0.4, 0.5) is 22.0 Å². The molecule has 1 heterocycles. The molecule has 5 atom stereocenters. The highest BCUT2D eigenvalue weighted by molar-refractivity contribution is 6.38. The quantitative estimate of drug-likeness (QED) is 0.0684. The first kappa shape index (κ1) is 48.5.